The SMILES string of the molecule is CC(C)n1c(=O)n(C)c2nnc3cc(F)c(-c4ccc([C@@H](C)OCCN5CC[C@@](C)(C#N)C5)nc4)cc3c21. The molecule has 0 amide bonds. The van der Waals surface area contributed by atoms with Gasteiger partial charge in [0.2, 0.25) is 0 Å². The van der Waals surface area contributed by atoms with Crippen molar-refractivity contribution in [1.29, 1.82) is 5.26 Å². The number of aryl methyl sites for hydroxylation is 1. The Labute approximate surface area is 220 Å². The molecule has 0 unspecified atom stereocenters. The molecule has 10 heteroatoms. The van der Waals surface area contributed by atoms with Crippen LogP contribution in [-0.4, -0.2) is 55.5 Å². The van der Waals surface area contributed by atoms with Crippen LogP contribution in [0.15, 0.2) is 35.3 Å². The number of nitriles is 1. The first-order valence-electron chi connectivity index (χ1n) is 12.9. The van der Waals surface area contributed by atoms with Gasteiger partial charge in [0.15, 0.2) is 5.65 Å². The molecule has 1 aliphatic rings. The number of hydrogen-bond acceptors (Lipinski definition) is 7. The number of likely N-dealkylation sites (tertiary alicyclic amines) is 1. The molecule has 0 radical (unpaired) electrons. The minimum Gasteiger partial charge on any atom is -0.371 e. The van der Waals surface area contributed by atoms with Crippen LogP contribution in [0.4, 0.5) is 4.39 Å². The number of pyridine rings is 1. The molecule has 4 heterocycles. The van der Waals surface area contributed by atoms with Crippen LogP contribution in [0.2, 0.25) is 0 Å². The summed E-state index contributed by atoms with van der Waals surface area (Å²) in [7, 11) is 1.66. The summed E-state index contributed by atoms with van der Waals surface area (Å²) in [5.41, 5.74) is 2.77. The molecule has 9 nitrogen and oxygen atoms in total. The molecule has 0 saturated carbocycles. The zero-order valence-electron chi connectivity index (χ0n) is 22.4. The maximum absolute atomic E-state index is 15.2. The molecular formula is C28H32FN7O2. The molecule has 0 N–H and O–H groups in total. The minimum atomic E-state index is -0.436. The van der Waals surface area contributed by atoms with E-state index in [0.717, 1.165) is 31.7 Å². The van der Waals surface area contributed by atoms with E-state index in [-0.39, 0.29) is 23.3 Å². The third kappa shape index (κ3) is 4.57. The molecule has 5 rings (SSSR count). The average molecular weight is 518 g/mol. The van der Waals surface area contributed by atoms with Gasteiger partial charge < -0.3 is 4.74 Å². The second-order valence-electron chi connectivity index (χ2n) is 10.7. The summed E-state index contributed by atoms with van der Waals surface area (Å²) in [5.74, 6) is -0.436. The highest BCUT2D eigenvalue weighted by Crippen LogP contribution is 2.32. The van der Waals surface area contributed by atoms with Crippen molar-refractivity contribution in [2.24, 2.45) is 12.5 Å². The second kappa shape index (κ2) is 9.89. The summed E-state index contributed by atoms with van der Waals surface area (Å²) >= 11 is 0. The van der Waals surface area contributed by atoms with Crippen molar-refractivity contribution < 1.29 is 9.13 Å². The highest BCUT2D eigenvalue weighted by molar-refractivity contribution is 6.02. The fraction of sp³-hybridized carbons (Fsp3) is 0.464. The summed E-state index contributed by atoms with van der Waals surface area (Å²) in [6.45, 7) is 10.8. The van der Waals surface area contributed by atoms with Gasteiger partial charge in [-0.15, -0.1) is 10.2 Å². The van der Waals surface area contributed by atoms with E-state index in [1.54, 1.807) is 23.9 Å². The summed E-state index contributed by atoms with van der Waals surface area (Å²) in [4.78, 5) is 19.6. The van der Waals surface area contributed by atoms with Crippen LogP contribution in [0, 0.1) is 22.6 Å². The van der Waals surface area contributed by atoms with E-state index in [9.17, 15) is 10.1 Å². The fourth-order valence-electron chi connectivity index (χ4n) is 5.20. The summed E-state index contributed by atoms with van der Waals surface area (Å²) in [6, 6.07) is 9.06. The molecule has 2 atom stereocenters. The van der Waals surface area contributed by atoms with Gasteiger partial charge in [-0.25, -0.2) is 9.18 Å². The number of ether oxygens (including phenoxy) is 1. The molecule has 1 saturated heterocycles. The molecule has 1 aromatic carbocycles. The van der Waals surface area contributed by atoms with E-state index in [0.29, 0.717) is 39.8 Å². The van der Waals surface area contributed by atoms with Crippen molar-refractivity contribution >= 4 is 22.1 Å². The zero-order valence-corrected chi connectivity index (χ0v) is 22.4. The summed E-state index contributed by atoms with van der Waals surface area (Å²) in [5, 5.41) is 18.3. The van der Waals surface area contributed by atoms with Gasteiger partial charge in [0.25, 0.3) is 0 Å². The molecular weight excluding hydrogens is 485 g/mol. The number of rotatable bonds is 7. The van der Waals surface area contributed by atoms with Crippen LogP contribution in [0.5, 0.6) is 0 Å². The highest BCUT2D eigenvalue weighted by Gasteiger charge is 2.33. The molecule has 0 spiro atoms. The fourth-order valence-corrected chi connectivity index (χ4v) is 5.20. The number of benzene rings is 1. The van der Waals surface area contributed by atoms with Crippen LogP contribution >= 0.6 is 0 Å². The van der Waals surface area contributed by atoms with E-state index in [4.69, 9.17) is 4.74 Å². The number of aromatic nitrogens is 5. The predicted molar refractivity (Wildman–Crippen MR) is 143 cm³/mol. The molecule has 0 bridgehead atoms. The Bertz CT molecular complexity index is 1600. The van der Waals surface area contributed by atoms with Crippen molar-refractivity contribution in [3.8, 4) is 17.2 Å². The molecule has 3 aromatic heterocycles. The van der Waals surface area contributed by atoms with E-state index >= 15 is 4.39 Å². The van der Waals surface area contributed by atoms with Gasteiger partial charge >= 0.3 is 5.69 Å². The maximum Gasteiger partial charge on any atom is 0.330 e. The van der Waals surface area contributed by atoms with Crippen LogP contribution in [-0.2, 0) is 11.8 Å². The molecule has 0 aliphatic carbocycles. The molecule has 1 aliphatic heterocycles. The summed E-state index contributed by atoms with van der Waals surface area (Å²) < 4.78 is 24.3. The number of fused-ring (bicyclic) bond motifs is 3. The van der Waals surface area contributed by atoms with Gasteiger partial charge in [0.05, 0.1) is 35.4 Å². The van der Waals surface area contributed by atoms with Crippen molar-refractivity contribution in [1.82, 2.24) is 29.2 Å². The Morgan fingerprint density at radius 1 is 1.24 bits per heavy atom. The van der Waals surface area contributed by atoms with Crippen molar-refractivity contribution in [2.75, 3.05) is 26.2 Å². The number of nitrogens with zero attached hydrogens (tertiary/aromatic N) is 7. The normalized spacial score (nSPS) is 19.0. The van der Waals surface area contributed by atoms with Crippen molar-refractivity contribution in [3.05, 3.63) is 52.5 Å². The Balaban J connectivity index is 1.38. The Kier molecular flexibility index (Phi) is 6.75. The highest BCUT2D eigenvalue weighted by atomic mass is 19.1. The minimum absolute atomic E-state index is 0.101. The zero-order chi connectivity index (χ0) is 27.2. The third-order valence-electron chi connectivity index (χ3n) is 7.48. The lowest BCUT2D eigenvalue weighted by Gasteiger charge is -2.19. The lowest BCUT2D eigenvalue weighted by atomic mass is 9.92. The maximum atomic E-state index is 15.2. The van der Waals surface area contributed by atoms with Crippen LogP contribution in [0.25, 0.3) is 33.2 Å². The van der Waals surface area contributed by atoms with Crippen molar-refractivity contribution in [2.45, 2.75) is 46.3 Å². The summed E-state index contributed by atoms with van der Waals surface area (Å²) in [6.07, 6.45) is 2.30. The van der Waals surface area contributed by atoms with Crippen LogP contribution < -0.4 is 5.69 Å². The number of imidazole rings is 1. The van der Waals surface area contributed by atoms with Gasteiger partial charge in [-0.2, -0.15) is 5.26 Å². The molecule has 4 aromatic rings. The van der Waals surface area contributed by atoms with Gasteiger partial charge in [0, 0.05) is 55.0 Å². The molecule has 198 valence electrons. The van der Waals surface area contributed by atoms with E-state index in [1.165, 1.54) is 10.6 Å². The van der Waals surface area contributed by atoms with Gasteiger partial charge in [-0.3, -0.25) is 19.0 Å². The second-order valence-corrected chi connectivity index (χ2v) is 10.7. The molecule has 1 fully saturated rings. The smallest absolute Gasteiger partial charge is 0.330 e. The number of halogens is 1. The predicted octanol–water partition coefficient (Wildman–Crippen LogP) is 4.38. The monoisotopic (exact) mass is 517 g/mol. The third-order valence-corrected chi connectivity index (χ3v) is 7.48. The van der Waals surface area contributed by atoms with Crippen molar-refractivity contribution in [3.63, 3.8) is 0 Å². The van der Waals surface area contributed by atoms with E-state index in [2.05, 4.69) is 26.2 Å². The quantitative estimate of drug-likeness (QED) is 0.359. The number of hydrogen-bond donors (Lipinski definition) is 0. The van der Waals surface area contributed by atoms with Gasteiger partial charge in [-0.05, 0) is 52.8 Å². The Morgan fingerprint density at radius 2 is 2.03 bits per heavy atom. The Morgan fingerprint density at radius 3 is 2.68 bits per heavy atom. The first-order valence-corrected chi connectivity index (χ1v) is 12.9. The van der Waals surface area contributed by atoms with E-state index in [1.807, 2.05) is 39.8 Å². The standard InChI is InChI=1S/C28H32FN7O2/c1-17(2)36-25-21-12-20(22(29)13-24(21)32-33-26(25)34(5)27(36)37)19-6-7-23(31-14-19)18(3)38-11-10-35-9-8-28(4,15-30)16-35/h6-7,12-14,17-18H,8-11,16H2,1-5H3/t18-,28+/m1/s1. The van der Waals surface area contributed by atoms with Crippen LogP contribution in [0.3, 0.4) is 0 Å². The molecule has 38 heavy (non-hydrogen) atoms. The van der Waals surface area contributed by atoms with Gasteiger partial charge in [0.1, 0.15) is 11.3 Å². The van der Waals surface area contributed by atoms with Gasteiger partial charge in [-0.1, -0.05) is 6.07 Å². The lowest BCUT2D eigenvalue weighted by Crippen LogP contribution is -2.28. The topological polar surface area (TPSA) is 102 Å². The Hall–Kier alpha value is -3.68. The largest absolute Gasteiger partial charge is 0.371 e. The van der Waals surface area contributed by atoms with E-state index < -0.39 is 5.82 Å². The van der Waals surface area contributed by atoms with Crippen LogP contribution in [0.1, 0.15) is 52.0 Å². The first-order chi connectivity index (χ1) is 18.1. The first kappa shape index (κ1) is 25.9. The average Bonchev–Trinajstić information content (AvgIpc) is 3.41. The lowest BCUT2D eigenvalue weighted by molar-refractivity contribution is 0.0482.